The Balaban J connectivity index is 2.20. The lowest BCUT2D eigenvalue weighted by atomic mass is 10.1. The second kappa shape index (κ2) is 7.49. The molecule has 0 radical (unpaired) electrons. The maximum Gasteiger partial charge on any atom is 0.255 e. The summed E-state index contributed by atoms with van der Waals surface area (Å²) in [4.78, 5) is 12.4. The fraction of sp³-hybridized carbons (Fsp3) is 0.211. The molecule has 0 unspecified atom stereocenters. The summed E-state index contributed by atoms with van der Waals surface area (Å²) in [5, 5.41) is 2.92. The van der Waals surface area contributed by atoms with Crippen LogP contribution in [0.15, 0.2) is 49.1 Å². The average Bonchev–Trinajstić information content (AvgIpc) is 2.55. The molecule has 4 nitrogen and oxygen atoms in total. The van der Waals surface area contributed by atoms with Gasteiger partial charge in [-0.2, -0.15) is 0 Å². The monoisotopic (exact) mass is 311 g/mol. The molecule has 0 atom stereocenters. The minimum absolute atomic E-state index is 0.189. The van der Waals surface area contributed by atoms with Crippen molar-refractivity contribution in [1.82, 2.24) is 0 Å². The van der Waals surface area contributed by atoms with Gasteiger partial charge in [0, 0.05) is 11.3 Å². The molecule has 0 aromatic heterocycles. The van der Waals surface area contributed by atoms with Crippen molar-refractivity contribution >= 4 is 11.6 Å². The molecule has 0 spiro atoms. The van der Waals surface area contributed by atoms with Crippen molar-refractivity contribution in [2.24, 2.45) is 0 Å². The maximum absolute atomic E-state index is 12.4. The first-order chi connectivity index (χ1) is 11.0. The lowest BCUT2D eigenvalue weighted by Gasteiger charge is -2.12. The molecule has 2 rings (SSSR count). The van der Waals surface area contributed by atoms with Crippen LogP contribution in [0, 0.1) is 13.8 Å². The van der Waals surface area contributed by atoms with E-state index in [9.17, 15) is 4.79 Å². The van der Waals surface area contributed by atoms with Crippen molar-refractivity contribution in [3.05, 3.63) is 65.7 Å². The van der Waals surface area contributed by atoms with Gasteiger partial charge in [-0.3, -0.25) is 4.79 Å². The number of benzene rings is 2. The van der Waals surface area contributed by atoms with E-state index in [1.54, 1.807) is 31.4 Å². The van der Waals surface area contributed by atoms with Crippen LogP contribution in [0.25, 0.3) is 0 Å². The second-order valence-corrected chi connectivity index (χ2v) is 5.24. The highest BCUT2D eigenvalue weighted by molar-refractivity contribution is 6.05. The topological polar surface area (TPSA) is 47.6 Å². The van der Waals surface area contributed by atoms with Gasteiger partial charge in [-0.25, -0.2) is 0 Å². The van der Waals surface area contributed by atoms with E-state index in [0.29, 0.717) is 23.7 Å². The predicted molar refractivity (Wildman–Crippen MR) is 92.6 cm³/mol. The van der Waals surface area contributed by atoms with Gasteiger partial charge in [-0.05, 0) is 43.7 Å². The van der Waals surface area contributed by atoms with Crippen LogP contribution in [0.3, 0.4) is 0 Å². The molecule has 0 aliphatic carbocycles. The number of nitrogens with one attached hydrogen (secondary N) is 1. The summed E-state index contributed by atoms with van der Waals surface area (Å²) in [5.41, 5.74) is 3.49. The van der Waals surface area contributed by atoms with Gasteiger partial charge in [-0.15, -0.1) is 0 Å². The van der Waals surface area contributed by atoms with E-state index in [1.165, 1.54) is 0 Å². The van der Waals surface area contributed by atoms with Gasteiger partial charge in [-0.1, -0.05) is 30.4 Å². The molecule has 4 heteroatoms. The zero-order chi connectivity index (χ0) is 16.8. The third-order valence-corrected chi connectivity index (χ3v) is 3.41. The Hall–Kier alpha value is -2.75. The molecule has 0 saturated carbocycles. The van der Waals surface area contributed by atoms with E-state index in [-0.39, 0.29) is 5.91 Å². The van der Waals surface area contributed by atoms with Crippen LogP contribution < -0.4 is 14.8 Å². The van der Waals surface area contributed by atoms with Gasteiger partial charge in [0.25, 0.3) is 5.91 Å². The van der Waals surface area contributed by atoms with Crippen LogP contribution in [0.2, 0.25) is 0 Å². The molecule has 0 bridgehead atoms. The van der Waals surface area contributed by atoms with Gasteiger partial charge >= 0.3 is 0 Å². The number of aryl methyl sites for hydroxylation is 2. The van der Waals surface area contributed by atoms with Crippen molar-refractivity contribution in [2.45, 2.75) is 13.8 Å². The minimum Gasteiger partial charge on any atom is -0.493 e. The van der Waals surface area contributed by atoms with Crippen LogP contribution in [-0.2, 0) is 0 Å². The number of carbonyl (C=O) groups excluding carboxylic acids is 1. The summed E-state index contributed by atoms with van der Waals surface area (Å²) in [7, 11) is 1.54. The molecule has 0 heterocycles. The Morgan fingerprint density at radius 2 is 1.96 bits per heavy atom. The fourth-order valence-corrected chi connectivity index (χ4v) is 2.23. The first-order valence-corrected chi connectivity index (χ1v) is 7.35. The molecule has 1 N–H and O–H groups in total. The number of hydrogen-bond acceptors (Lipinski definition) is 3. The lowest BCUT2D eigenvalue weighted by Crippen LogP contribution is -2.13. The quantitative estimate of drug-likeness (QED) is 0.816. The normalized spacial score (nSPS) is 10.0. The van der Waals surface area contributed by atoms with E-state index in [4.69, 9.17) is 9.47 Å². The molecule has 120 valence electrons. The molecule has 0 aliphatic rings. The second-order valence-electron chi connectivity index (χ2n) is 5.24. The third kappa shape index (κ3) is 4.13. The molecule has 23 heavy (non-hydrogen) atoms. The van der Waals surface area contributed by atoms with E-state index >= 15 is 0 Å². The van der Waals surface area contributed by atoms with Crippen molar-refractivity contribution < 1.29 is 14.3 Å². The number of anilines is 1. The summed E-state index contributed by atoms with van der Waals surface area (Å²) in [6.45, 7) is 7.97. The largest absolute Gasteiger partial charge is 0.493 e. The highest BCUT2D eigenvalue weighted by atomic mass is 16.5. The predicted octanol–water partition coefficient (Wildman–Crippen LogP) is 4.13. The van der Waals surface area contributed by atoms with E-state index in [2.05, 4.69) is 11.9 Å². The summed E-state index contributed by atoms with van der Waals surface area (Å²) < 4.78 is 10.8. The smallest absolute Gasteiger partial charge is 0.255 e. The van der Waals surface area contributed by atoms with Gasteiger partial charge < -0.3 is 14.8 Å². The SMILES string of the molecule is C=CCOc1ccc(C(=O)Nc2ccc(C)cc2C)cc1OC. The zero-order valence-corrected chi connectivity index (χ0v) is 13.7. The van der Waals surface area contributed by atoms with Crippen LogP contribution >= 0.6 is 0 Å². The molecule has 0 aliphatic heterocycles. The van der Waals surface area contributed by atoms with Crippen LogP contribution in [0.1, 0.15) is 21.5 Å². The maximum atomic E-state index is 12.4. The Labute approximate surface area is 136 Å². The molecule has 2 aromatic carbocycles. The van der Waals surface area contributed by atoms with E-state index in [1.807, 2.05) is 32.0 Å². The van der Waals surface area contributed by atoms with Crippen molar-refractivity contribution in [2.75, 3.05) is 19.0 Å². The molecule has 1 amide bonds. The average molecular weight is 311 g/mol. The van der Waals surface area contributed by atoms with Crippen molar-refractivity contribution in [3.8, 4) is 11.5 Å². The Kier molecular flexibility index (Phi) is 5.41. The lowest BCUT2D eigenvalue weighted by molar-refractivity contribution is 0.102. The Morgan fingerprint density at radius 3 is 2.61 bits per heavy atom. The van der Waals surface area contributed by atoms with Crippen molar-refractivity contribution in [3.63, 3.8) is 0 Å². The Bertz CT molecular complexity index is 723. The summed E-state index contributed by atoms with van der Waals surface area (Å²) in [6.07, 6.45) is 1.65. The number of carbonyl (C=O) groups is 1. The van der Waals surface area contributed by atoms with Crippen LogP contribution in [-0.4, -0.2) is 19.6 Å². The number of ether oxygens (including phenoxy) is 2. The highest BCUT2D eigenvalue weighted by Gasteiger charge is 2.12. The Morgan fingerprint density at radius 1 is 1.17 bits per heavy atom. The van der Waals surface area contributed by atoms with Gasteiger partial charge in [0.1, 0.15) is 6.61 Å². The van der Waals surface area contributed by atoms with E-state index < -0.39 is 0 Å². The number of amides is 1. The molecular formula is C19H21NO3. The third-order valence-electron chi connectivity index (χ3n) is 3.41. The van der Waals surface area contributed by atoms with Gasteiger partial charge in [0.05, 0.1) is 7.11 Å². The van der Waals surface area contributed by atoms with Crippen LogP contribution in [0.5, 0.6) is 11.5 Å². The summed E-state index contributed by atoms with van der Waals surface area (Å²) >= 11 is 0. The number of methoxy groups -OCH3 is 1. The van der Waals surface area contributed by atoms with E-state index in [0.717, 1.165) is 16.8 Å². The number of hydrogen-bond donors (Lipinski definition) is 1. The van der Waals surface area contributed by atoms with Gasteiger partial charge in [0.15, 0.2) is 11.5 Å². The first kappa shape index (κ1) is 16.6. The van der Waals surface area contributed by atoms with Gasteiger partial charge in [0.2, 0.25) is 0 Å². The summed E-state index contributed by atoms with van der Waals surface area (Å²) in [5.74, 6) is 0.904. The fourth-order valence-electron chi connectivity index (χ4n) is 2.23. The molecular weight excluding hydrogens is 290 g/mol. The first-order valence-electron chi connectivity index (χ1n) is 7.35. The molecule has 0 fully saturated rings. The number of rotatable bonds is 6. The zero-order valence-electron chi connectivity index (χ0n) is 13.7. The molecule has 2 aromatic rings. The highest BCUT2D eigenvalue weighted by Crippen LogP contribution is 2.28. The summed E-state index contributed by atoms with van der Waals surface area (Å²) in [6, 6.07) is 11.0. The van der Waals surface area contributed by atoms with Crippen LogP contribution in [0.4, 0.5) is 5.69 Å². The minimum atomic E-state index is -0.189. The standard InChI is InChI=1S/C19H21NO3/c1-5-10-23-17-9-7-15(12-18(17)22-4)19(21)20-16-8-6-13(2)11-14(16)3/h5-9,11-12H,1,10H2,2-4H3,(H,20,21). The molecule has 0 saturated heterocycles. The van der Waals surface area contributed by atoms with Crippen molar-refractivity contribution in [1.29, 1.82) is 0 Å².